The molecule has 1 aliphatic heterocycles. The first kappa shape index (κ1) is 20.3. The summed E-state index contributed by atoms with van der Waals surface area (Å²) < 4.78 is 32.4. The van der Waals surface area contributed by atoms with Gasteiger partial charge in [0.15, 0.2) is 24.2 Å². The number of nitrogen functional groups attached to an aromatic ring is 1. The van der Waals surface area contributed by atoms with Crippen molar-refractivity contribution in [2.45, 2.75) is 44.5 Å². The second-order valence-electron chi connectivity index (χ2n) is 6.24. The molecule has 0 unspecified atom stereocenters. The summed E-state index contributed by atoms with van der Waals surface area (Å²) in [7, 11) is 1.14. The third-order valence-electron chi connectivity index (χ3n) is 4.39. The normalized spacial score (nSPS) is 23.7. The zero-order valence-electron chi connectivity index (χ0n) is 15.6. The van der Waals surface area contributed by atoms with Gasteiger partial charge in [0.25, 0.3) is 0 Å². The SMILES string of the molecule is C#CCn1c(=O)n([C@@H]2O[C@H](CC(=O)OC)[C@H](F)[C@H]2OC(C)=O)c2nc(N)ncc21. The highest BCUT2D eigenvalue weighted by atomic mass is 19.1. The number of esters is 2. The number of rotatable bonds is 5. The van der Waals surface area contributed by atoms with Crippen LogP contribution < -0.4 is 11.4 Å². The number of hydrogen-bond donors (Lipinski definition) is 1. The van der Waals surface area contributed by atoms with E-state index in [1.807, 2.05) is 0 Å². The number of aromatic nitrogens is 4. The minimum atomic E-state index is -1.90. The quantitative estimate of drug-likeness (QED) is 0.515. The number of anilines is 1. The van der Waals surface area contributed by atoms with E-state index in [1.165, 1.54) is 10.8 Å². The first-order valence-electron chi connectivity index (χ1n) is 8.48. The van der Waals surface area contributed by atoms with E-state index in [2.05, 4.69) is 20.6 Å². The minimum absolute atomic E-state index is 0.0193. The van der Waals surface area contributed by atoms with Crippen LogP contribution in [-0.4, -0.2) is 56.5 Å². The number of imidazole rings is 1. The van der Waals surface area contributed by atoms with E-state index in [0.717, 1.165) is 18.6 Å². The molecule has 3 heterocycles. The molecule has 2 N–H and O–H groups in total. The van der Waals surface area contributed by atoms with Crippen molar-refractivity contribution in [1.82, 2.24) is 19.1 Å². The lowest BCUT2D eigenvalue weighted by Gasteiger charge is -2.19. The Morgan fingerprint density at radius 2 is 2.21 bits per heavy atom. The van der Waals surface area contributed by atoms with Crippen LogP contribution in [0.1, 0.15) is 19.6 Å². The van der Waals surface area contributed by atoms with Gasteiger partial charge in [0.2, 0.25) is 5.95 Å². The predicted octanol–water partition coefficient (Wildman–Crippen LogP) is -0.461. The number of methoxy groups -OCH3 is 1. The molecule has 1 aliphatic rings. The maximum atomic E-state index is 15.0. The second-order valence-corrected chi connectivity index (χ2v) is 6.24. The lowest BCUT2D eigenvalue weighted by atomic mass is 10.1. The first-order valence-corrected chi connectivity index (χ1v) is 8.48. The number of nitrogens with zero attached hydrogens (tertiary/aromatic N) is 4. The third kappa shape index (κ3) is 3.64. The zero-order valence-corrected chi connectivity index (χ0v) is 15.6. The molecular formula is C17H18FN5O6. The van der Waals surface area contributed by atoms with Gasteiger partial charge in [-0.1, -0.05) is 5.92 Å². The van der Waals surface area contributed by atoms with E-state index in [0.29, 0.717) is 0 Å². The Kier molecular flexibility index (Phi) is 5.51. The molecule has 1 fully saturated rings. The number of hydrogen-bond acceptors (Lipinski definition) is 9. The summed E-state index contributed by atoms with van der Waals surface area (Å²) in [5.74, 6) is 0.667. The highest BCUT2D eigenvalue weighted by molar-refractivity contribution is 5.72. The summed E-state index contributed by atoms with van der Waals surface area (Å²) in [6.07, 6.45) is 0.0364. The van der Waals surface area contributed by atoms with Gasteiger partial charge in [-0.2, -0.15) is 4.98 Å². The Hall–Kier alpha value is -3.46. The van der Waals surface area contributed by atoms with Crippen molar-refractivity contribution in [2.24, 2.45) is 0 Å². The number of alkyl halides is 1. The molecule has 11 nitrogen and oxygen atoms in total. The fraction of sp³-hybridized carbons (Fsp3) is 0.471. The van der Waals surface area contributed by atoms with Crippen LogP contribution >= 0.6 is 0 Å². The van der Waals surface area contributed by atoms with Crippen molar-refractivity contribution >= 4 is 29.1 Å². The average molecular weight is 407 g/mol. The Balaban J connectivity index is 2.15. The fourth-order valence-corrected chi connectivity index (χ4v) is 3.18. The number of halogens is 1. The topological polar surface area (TPSA) is 141 Å². The number of ether oxygens (including phenoxy) is 3. The molecule has 0 saturated carbocycles. The van der Waals surface area contributed by atoms with Crippen LogP contribution in [0.3, 0.4) is 0 Å². The molecule has 154 valence electrons. The molecule has 0 aromatic carbocycles. The van der Waals surface area contributed by atoms with E-state index < -0.39 is 48.7 Å². The standard InChI is InChI=1S/C17H18FN5O6/c1-4-5-22-9-7-20-16(19)21-14(9)23(17(22)26)15-13(28-8(2)24)12(18)10(29-15)6-11(25)27-3/h1,7,10,12-13,15H,5-6H2,2-3H3,(H2,19,20,21)/t10-,12+,13-,15-/m1/s1. The summed E-state index contributed by atoms with van der Waals surface area (Å²) in [6.45, 7) is 0.965. The molecule has 0 aliphatic carbocycles. The molecule has 2 aromatic rings. The highest BCUT2D eigenvalue weighted by Gasteiger charge is 2.50. The number of fused-ring (bicyclic) bond motifs is 1. The Bertz CT molecular complexity index is 1060. The minimum Gasteiger partial charge on any atom is -0.469 e. The number of carbonyl (C=O) groups excluding carboxylic acids is 2. The zero-order chi connectivity index (χ0) is 21.3. The van der Waals surface area contributed by atoms with E-state index in [9.17, 15) is 18.8 Å². The first-order chi connectivity index (χ1) is 13.8. The second kappa shape index (κ2) is 7.88. The van der Waals surface area contributed by atoms with Gasteiger partial charge < -0.3 is 19.9 Å². The van der Waals surface area contributed by atoms with Crippen molar-refractivity contribution in [3.8, 4) is 12.3 Å². The van der Waals surface area contributed by atoms with E-state index >= 15 is 0 Å². The maximum absolute atomic E-state index is 15.0. The van der Waals surface area contributed by atoms with Gasteiger partial charge in [0.1, 0.15) is 11.6 Å². The van der Waals surface area contributed by atoms with Crippen molar-refractivity contribution in [1.29, 1.82) is 0 Å². The van der Waals surface area contributed by atoms with Crippen LogP contribution in [0.15, 0.2) is 11.0 Å². The highest BCUT2D eigenvalue weighted by Crippen LogP contribution is 2.36. The Labute approximate surface area is 163 Å². The third-order valence-corrected chi connectivity index (χ3v) is 4.39. The molecule has 4 atom stereocenters. The fourth-order valence-electron chi connectivity index (χ4n) is 3.18. The Morgan fingerprint density at radius 3 is 2.83 bits per heavy atom. The van der Waals surface area contributed by atoms with Crippen LogP contribution in [0, 0.1) is 12.3 Å². The monoisotopic (exact) mass is 407 g/mol. The summed E-state index contributed by atoms with van der Waals surface area (Å²) >= 11 is 0. The molecule has 0 amide bonds. The van der Waals surface area contributed by atoms with Crippen LogP contribution in [0.2, 0.25) is 0 Å². The number of carbonyl (C=O) groups is 2. The van der Waals surface area contributed by atoms with Crippen molar-refractivity contribution in [2.75, 3.05) is 12.8 Å². The van der Waals surface area contributed by atoms with Crippen molar-refractivity contribution in [3.05, 3.63) is 16.7 Å². The smallest absolute Gasteiger partial charge is 0.333 e. The number of nitrogens with two attached hydrogens (primary N) is 1. The summed E-state index contributed by atoms with van der Waals surface area (Å²) in [5.41, 5.74) is 5.20. The van der Waals surface area contributed by atoms with E-state index in [-0.39, 0.29) is 23.7 Å². The molecule has 0 bridgehead atoms. The molecule has 2 aromatic heterocycles. The summed E-state index contributed by atoms with van der Waals surface area (Å²) in [6, 6.07) is 0. The van der Waals surface area contributed by atoms with Gasteiger partial charge in [0, 0.05) is 6.92 Å². The molecule has 0 radical (unpaired) electrons. The molecule has 29 heavy (non-hydrogen) atoms. The number of terminal acetylenes is 1. The van der Waals surface area contributed by atoms with Crippen LogP contribution in [0.5, 0.6) is 0 Å². The van der Waals surface area contributed by atoms with Gasteiger partial charge in [-0.15, -0.1) is 6.42 Å². The van der Waals surface area contributed by atoms with Gasteiger partial charge in [-0.25, -0.2) is 18.7 Å². The van der Waals surface area contributed by atoms with Crippen molar-refractivity contribution in [3.63, 3.8) is 0 Å². The van der Waals surface area contributed by atoms with Crippen molar-refractivity contribution < 1.29 is 28.2 Å². The summed E-state index contributed by atoms with van der Waals surface area (Å²) in [5, 5.41) is 0. The summed E-state index contributed by atoms with van der Waals surface area (Å²) in [4.78, 5) is 44.0. The lowest BCUT2D eigenvalue weighted by Crippen LogP contribution is -2.37. The molecule has 3 rings (SSSR count). The largest absolute Gasteiger partial charge is 0.469 e. The maximum Gasteiger partial charge on any atom is 0.333 e. The molecule has 1 saturated heterocycles. The molecule has 12 heteroatoms. The van der Waals surface area contributed by atoms with Crippen LogP contribution in [0.4, 0.5) is 10.3 Å². The average Bonchev–Trinajstić information content (AvgIpc) is 3.10. The van der Waals surface area contributed by atoms with Crippen LogP contribution in [-0.2, 0) is 30.3 Å². The van der Waals surface area contributed by atoms with Gasteiger partial charge in [-0.3, -0.25) is 14.2 Å². The predicted molar refractivity (Wildman–Crippen MR) is 96.0 cm³/mol. The van der Waals surface area contributed by atoms with Gasteiger partial charge >= 0.3 is 17.6 Å². The Morgan fingerprint density at radius 1 is 1.48 bits per heavy atom. The van der Waals surface area contributed by atoms with Crippen LogP contribution in [0.25, 0.3) is 11.2 Å². The van der Waals surface area contributed by atoms with E-state index in [1.54, 1.807) is 0 Å². The van der Waals surface area contributed by atoms with Gasteiger partial charge in [0.05, 0.1) is 26.3 Å². The lowest BCUT2D eigenvalue weighted by molar-refractivity contribution is -0.154. The van der Waals surface area contributed by atoms with Gasteiger partial charge in [-0.05, 0) is 0 Å². The molecular weight excluding hydrogens is 389 g/mol. The molecule has 0 spiro atoms. The van der Waals surface area contributed by atoms with E-state index in [4.69, 9.17) is 21.6 Å².